The van der Waals surface area contributed by atoms with E-state index in [2.05, 4.69) is 5.32 Å². The van der Waals surface area contributed by atoms with E-state index < -0.39 is 17.7 Å². The van der Waals surface area contributed by atoms with Gasteiger partial charge in [-0.25, -0.2) is 14.2 Å². The quantitative estimate of drug-likeness (QED) is 0.307. The highest BCUT2D eigenvalue weighted by molar-refractivity contribution is 7.16. The summed E-state index contributed by atoms with van der Waals surface area (Å²) in [4.78, 5) is 32.1. The summed E-state index contributed by atoms with van der Waals surface area (Å²) in [5.41, 5.74) is 1.98. The minimum atomic E-state index is -0.601. The molecule has 2 aromatic heterocycles. The zero-order valence-corrected chi connectivity index (χ0v) is 21.2. The molecule has 9 heteroatoms. The first-order valence-electron chi connectivity index (χ1n) is 12.0. The molecule has 190 valence electrons. The standard InChI is InChI=1S/C28H25FN2O5S/c1-3-35-28(33)24-18-8-4-7-11-23(18)37-27(24)31-26-19(25(32)30-21-10-6-5-9-20(21)29)15-16-14-17(34-2)12-13-22(16)36-26/h5-6,9-10,12-15H,3-4,7-8,11H2,1-2H3,(H,30,32)/b31-26-. The maximum atomic E-state index is 14.3. The van der Waals surface area contributed by atoms with Gasteiger partial charge in [0.1, 0.15) is 27.7 Å². The number of hydrogen-bond donors (Lipinski definition) is 1. The van der Waals surface area contributed by atoms with Crippen LogP contribution in [0.5, 0.6) is 5.75 Å². The molecule has 0 atom stereocenters. The Morgan fingerprint density at radius 2 is 1.95 bits per heavy atom. The molecule has 0 aliphatic heterocycles. The van der Waals surface area contributed by atoms with Crippen LogP contribution < -0.4 is 15.6 Å². The number of benzene rings is 2. The average molecular weight is 521 g/mol. The number of ether oxygens (including phenoxy) is 2. The second-order valence-corrected chi connectivity index (χ2v) is 9.61. The molecule has 0 saturated heterocycles. The second-order valence-electron chi connectivity index (χ2n) is 8.53. The van der Waals surface area contributed by atoms with E-state index in [1.807, 2.05) is 0 Å². The number of fused-ring (bicyclic) bond motifs is 2. The summed E-state index contributed by atoms with van der Waals surface area (Å²) in [6.45, 7) is 1.99. The van der Waals surface area contributed by atoms with E-state index >= 15 is 0 Å². The first kappa shape index (κ1) is 24.7. The van der Waals surface area contributed by atoms with E-state index in [4.69, 9.17) is 18.9 Å². The number of para-hydroxylation sites is 1. The van der Waals surface area contributed by atoms with E-state index in [0.29, 0.717) is 27.3 Å². The molecule has 2 heterocycles. The fourth-order valence-corrected chi connectivity index (χ4v) is 5.61. The summed E-state index contributed by atoms with van der Waals surface area (Å²) in [6, 6.07) is 12.7. The molecule has 0 radical (unpaired) electrons. The van der Waals surface area contributed by atoms with Gasteiger partial charge in [-0.3, -0.25) is 4.79 Å². The van der Waals surface area contributed by atoms with Crippen LogP contribution in [0.2, 0.25) is 0 Å². The SMILES string of the molecule is CCOC(=O)c1c(/N=c2\oc3ccc(OC)cc3cc2C(=O)Nc2ccccc2F)sc2c1CCCC2. The number of hydrogen-bond acceptors (Lipinski definition) is 7. The summed E-state index contributed by atoms with van der Waals surface area (Å²) in [5.74, 6) is -1.02. The zero-order valence-electron chi connectivity index (χ0n) is 20.4. The maximum absolute atomic E-state index is 14.3. The molecule has 0 saturated carbocycles. The molecule has 1 aliphatic rings. The Hall–Kier alpha value is -3.98. The number of methoxy groups -OCH3 is 1. The topological polar surface area (TPSA) is 90.1 Å². The highest BCUT2D eigenvalue weighted by Crippen LogP contribution is 2.40. The van der Waals surface area contributed by atoms with Crippen LogP contribution in [0.1, 0.15) is 50.9 Å². The Morgan fingerprint density at radius 3 is 2.73 bits per heavy atom. The van der Waals surface area contributed by atoms with E-state index in [-0.39, 0.29) is 23.4 Å². The van der Waals surface area contributed by atoms with Crippen LogP contribution >= 0.6 is 11.3 Å². The van der Waals surface area contributed by atoms with E-state index in [1.54, 1.807) is 50.4 Å². The van der Waals surface area contributed by atoms with E-state index in [0.717, 1.165) is 36.1 Å². The third-order valence-electron chi connectivity index (χ3n) is 6.16. The monoisotopic (exact) mass is 520 g/mol. The number of aryl methyl sites for hydroxylation is 1. The van der Waals surface area contributed by atoms with Gasteiger partial charge in [0.15, 0.2) is 0 Å². The van der Waals surface area contributed by atoms with Gasteiger partial charge in [-0.2, -0.15) is 0 Å². The van der Waals surface area contributed by atoms with Crippen molar-refractivity contribution in [1.82, 2.24) is 0 Å². The van der Waals surface area contributed by atoms with Crippen LogP contribution in [0.15, 0.2) is 57.9 Å². The minimum Gasteiger partial charge on any atom is -0.497 e. The molecule has 1 amide bonds. The van der Waals surface area contributed by atoms with E-state index in [9.17, 15) is 14.0 Å². The Bertz CT molecular complexity index is 1570. The molecule has 5 rings (SSSR count). The van der Waals surface area contributed by atoms with Crippen molar-refractivity contribution in [3.63, 3.8) is 0 Å². The number of amides is 1. The molecule has 0 bridgehead atoms. The predicted octanol–water partition coefficient (Wildman–Crippen LogP) is 6.18. The fourth-order valence-electron chi connectivity index (χ4n) is 4.37. The van der Waals surface area contributed by atoms with Crippen molar-refractivity contribution in [2.45, 2.75) is 32.6 Å². The number of esters is 1. The molecule has 1 aliphatic carbocycles. The molecule has 2 aromatic carbocycles. The lowest BCUT2D eigenvalue weighted by Gasteiger charge is -2.11. The first-order valence-corrected chi connectivity index (χ1v) is 12.8. The number of thiophene rings is 1. The summed E-state index contributed by atoms with van der Waals surface area (Å²) < 4.78 is 31.0. The van der Waals surface area contributed by atoms with Crippen molar-refractivity contribution in [3.05, 3.63) is 81.5 Å². The van der Waals surface area contributed by atoms with Gasteiger partial charge in [-0.1, -0.05) is 12.1 Å². The summed E-state index contributed by atoms with van der Waals surface area (Å²) >= 11 is 1.41. The Morgan fingerprint density at radius 1 is 1.14 bits per heavy atom. The normalized spacial score (nSPS) is 13.3. The van der Waals surface area contributed by atoms with Gasteiger partial charge in [0.2, 0.25) is 5.55 Å². The lowest BCUT2D eigenvalue weighted by molar-refractivity contribution is 0.0526. The largest absolute Gasteiger partial charge is 0.497 e. The number of rotatable bonds is 6. The third kappa shape index (κ3) is 4.99. The van der Waals surface area contributed by atoms with Gasteiger partial charge in [0.25, 0.3) is 5.91 Å². The fraction of sp³-hybridized carbons (Fsp3) is 0.250. The molecule has 1 N–H and O–H groups in total. The Kier molecular flexibility index (Phi) is 7.05. The molecular formula is C28H25FN2O5S. The van der Waals surface area contributed by atoms with Crippen molar-refractivity contribution >= 4 is 44.9 Å². The van der Waals surface area contributed by atoms with Crippen molar-refractivity contribution < 1.29 is 27.9 Å². The smallest absolute Gasteiger partial charge is 0.341 e. The molecule has 37 heavy (non-hydrogen) atoms. The number of halogens is 1. The third-order valence-corrected chi connectivity index (χ3v) is 7.34. The zero-order chi connectivity index (χ0) is 25.9. The van der Waals surface area contributed by atoms with Crippen LogP contribution in [0, 0.1) is 5.82 Å². The van der Waals surface area contributed by atoms with Crippen molar-refractivity contribution in [2.24, 2.45) is 4.99 Å². The van der Waals surface area contributed by atoms with Crippen molar-refractivity contribution in [1.29, 1.82) is 0 Å². The number of carbonyl (C=O) groups is 2. The van der Waals surface area contributed by atoms with Crippen LogP contribution in [-0.4, -0.2) is 25.6 Å². The number of nitrogens with one attached hydrogen (secondary N) is 1. The van der Waals surface area contributed by atoms with Crippen molar-refractivity contribution in [3.8, 4) is 5.75 Å². The predicted molar refractivity (Wildman–Crippen MR) is 139 cm³/mol. The lowest BCUT2D eigenvalue weighted by atomic mass is 9.95. The lowest BCUT2D eigenvalue weighted by Crippen LogP contribution is -2.22. The van der Waals surface area contributed by atoms with Gasteiger partial charge in [-0.15, -0.1) is 11.3 Å². The highest BCUT2D eigenvalue weighted by Gasteiger charge is 2.27. The average Bonchev–Trinajstić information content (AvgIpc) is 3.27. The molecule has 0 unspecified atom stereocenters. The molecular weight excluding hydrogens is 495 g/mol. The Labute approximate surface area is 216 Å². The number of carbonyl (C=O) groups excluding carboxylic acids is 2. The minimum absolute atomic E-state index is 0.00986. The van der Waals surface area contributed by atoms with Gasteiger partial charge in [0.05, 0.1) is 25.0 Å². The van der Waals surface area contributed by atoms with Crippen LogP contribution in [0.4, 0.5) is 15.1 Å². The van der Waals surface area contributed by atoms with Crippen molar-refractivity contribution in [2.75, 3.05) is 19.0 Å². The van der Waals surface area contributed by atoms with Crippen LogP contribution in [0.25, 0.3) is 11.0 Å². The van der Waals surface area contributed by atoms with Gasteiger partial charge < -0.3 is 19.2 Å². The van der Waals surface area contributed by atoms with E-state index in [1.165, 1.54) is 23.5 Å². The molecule has 4 aromatic rings. The highest BCUT2D eigenvalue weighted by atomic mass is 32.1. The van der Waals surface area contributed by atoms with Gasteiger partial charge in [0, 0.05) is 10.3 Å². The van der Waals surface area contributed by atoms with Gasteiger partial charge in [-0.05, 0) is 74.6 Å². The Balaban J connectivity index is 1.70. The summed E-state index contributed by atoms with van der Waals surface area (Å²) in [7, 11) is 1.54. The molecule has 7 nitrogen and oxygen atoms in total. The molecule has 0 spiro atoms. The summed E-state index contributed by atoms with van der Waals surface area (Å²) in [6.07, 6.45) is 3.64. The maximum Gasteiger partial charge on any atom is 0.341 e. The first-order chi connectivity index (χ1) is 18.0. The van der Waals surface area contributed by atoms with Crippen LogP contribution in [0.3, 0.4) is 0 Å². The molecule has 0 fully saturated rings. The van der Waals surface area contributed by atoms with Crippen LogP contribution in [-0.2, 0) is 17.6 Å². The number of nitrogens with zero attached hydrogens (tertiary/aromatic N) is 1. The second kappa shape index (κ2) is 10.6. The number of anilines is 1. The summed E-state index contributed by atoms with van der Waals surface area (Å²) in [5, 5.41) is 3.64. The van der Waals surface area contributed by atoms with Gasteiger partial charge >= 0.3 is 5.97 Å².